The maximum atomic E-state index is 11.5. The van der Waals surface area contributed by atoms with Crippen LogP contribution in [0.4, 0.5) is 5.69 Å². The van der Waals surface area contributed by atoms with E-state index in [9.17, 15) is 8.42 Å². The van der Waals surface area contributed by atoms with Gasteiger partial charge in [0.05, 0.1) is 10.9 Å². The molecule has 0 unspecified atom stereocenters. The lowest BCUT2D eigenvalue weighted by molar-refractivity contribution is 0.472. The van der Waals surface area contributed by atoms with E-state index in [1.54, 1.807) is 24.3 Å². The molecular weight excluding hydrogens is 226 g/mol. The van der Waals surface area contributed by atoms with Gasteiger partial charge in [0.25, 0.3) is 0 Å². The molecular formula is C10H15N3O2S. The predicted molar refractivity (Wildman–Crippen MR) is 63.0 cm³/mol. The minimum Gasteiger partial charge on any atom is -0.380 e. The highest BCUT2D eigenvalue weighted by Gasteiger charge is 2.16. The average molecular weight is 241 g/mol. The molecule has 1 saturated heterocycles. The van der Waals surface area contributed by atoms with E-state index in [2.05, 4.69) is 15.4 Å². The molecule has 0 atom stereocenters. The fourth-order valence-electron chi connectivity index (χ4n) is 1.47. The van der Waals surface area contributed by atoms with Gasteiger partial charge in [-0.3, -0.25) is 0 Å². The second-order valence-corrected chi connectivity index (χ2v) is 5.62. The molecule has 0 bridgehead atoms. The third kappa shape index (κ3) is 2.34. The summed E-state index contributed by atoms with van der Waals surface area (Å²) in [5.41, 5.74) is 0.946. The van der Waals surface area contributed by atoms with E-state index in [0.29, 0.717) is 6.04 Å². The third-order valence-corrected chi connectivity index (χ3v) is 4.02. The zero-order chi connectivity index (χ0) is 11.6. The van der Waals surface area contributed by atoms with E-state index in [4.69, 9.17) is 0 Å². The van der Waals surface area contributed by atoms with E-state index < -0.39 is 10.0 Å². The first kappa shape index (κ1) is 11.4. The van der Waals surface area contributed by atoms with Gasteiger partial charge in [0.15, 0.2) is 0 Å². The molecule has 1 aliphatic heterocycles. The van der Waals surface area contributed by atoms with E-state index >= 15 is 0 Å². The van der Waals surface area contributed by atoms with Crippen LogP contribution in [0.1, 0.15) is 0 Å². The highest BCUT2D eigenvalue weighted by Crippen LogP contribution is 2.15. The van der Waals surface area contributed by atoms with Gasteiger partial charge in [-0.15, -0.1) is 0 Å². The van der Waals surface area contributed by atoms with Crippen molar-refractivity contribution in [1.82, 2.24) is 10.0 Å². The summed E-state index contributed by atoms with van der Waals surface area (Å²) < 4.78 is 25.2. The summed E-state index contributed by atoms with van der Waals surface area (Å²) in [4.78, 5) is 0.285. The monoisotopic (exact) mass is 241 g/mol. The van der Waals surface area contributed by atoms with Crippen LogP contribution >= 0.6 is 0 Å². The molecule has 88 valence electrons. The van der Waals surface area contributed by atoms with Crippen LogP contribution in [0.25, 0.3) is 0 Å². The number of rotatable bonds is 4. The van der Waals surface area contributed by atoms with Crippen molar-refractivity contribution in [3.63, 3.8) is 0 Å². The third-order valence-electron chi connectivity index (χ3n) is 2.59. The Kier molecular flexibility index (Phi) is 3.13. The summed E-state index contributed by atoms with van der Waals surface area (Å²) in [7, 11) is -1.92. The molecule has 6 heteroatoms. The van der Waals surface area contributed by atoms with Crippen molar-refractivity contribution < 1.29 is 8.42 Å². The Morgan fingerprint density at radius 2 is 1.88 bits per heavy atom. The van der Waals surface area contributed by atoms with Crippen molar-refractivity contribution in [1.29, 1.82) is 0 Å². The second kappa shape index (κ2) is 4.40. The maximum absolute atomic E-state index is 11.5. The SMILES string of the molecule is CNS(=O)(=O)c1ccc(NC2CNC2)cc1. The Labute approximate surface area is 95.3 Å². The Hall–Kier alpha value is -1.11. The number of hydrogen-bond donors (Lipinski definition) is 3. The van der Waals surface area contributed by atoms with E-state index in [-0.39, 0.29) is 4.90 Å². The Bertz CT molecular complexity index is 451. The quantitative estimate of drug-likeness (QED) is 0.693. The van der Waals surface area contributed by atoms with Gasteiger partial charge in [0.1, 0.15) is 0 Å². The smallest absolute Gasteiger partial charge is 0.240 e. The summed E-state index contributed by atoms with van der Waals surface area (Å²) in [6.07, 6.45) is 0. The van der Waals surface area contributed by atoms with Gasteiger partial charge >= 0.3 is 0 Å². The fraction of sp³-hybridized carbons (Fsp3) is 0.400. The summed E-state index contributed by atoms with van der Waals surface area (Å²) in [6, 6.07) is 7.21. The van der Waals surface area contributed by atoms with Crippen LogP contribution in [0.5, 0.6) is 0 Å². The number of benzene rings is 1. The van der Waals surface area contributed by atoms with Crippen LogP contribution in [0.15, 0.2) is 29.2 Å². The van der Waals surface area contributed by atoms with E-state index in [1.165, 1.54) is 7.05 Å². The van der Waals surface area contributed by atoms with Crippen molar-refractivity contribution in [2.45, 2.75) is 10.9 Å². The Morgan fingerprint density at radius 1 is 1.25 bits per heavy atom. The van der Waals surface area contributed by atoms with Crippen molar-refractivity contribution in [3.05, 3.63) is 24.3 Å². The van der Waals surface area contributed by atoms with E-state index in [1.807, 2.05) is 0 Å². The van der Waals surface area contributed by atoms with Gasteiger partial charge in [-0.25, -0.2) is 13.1 Å². The average Bonchev–Trinajstić information content (AvgIpc) is 2.24. The normalized spacial score (nSPS) is 16.8. The molecule has 0 aliphatic carbocycles. The van der Waals surface area contributed by atoms with Crippen molar-refractivity contribution >= 4 is 15.7 Å². The van der Waals surface area contributed by atoms with Crippen LogP contribution in [0, 0.1) is 0 Å². The molecule has 3 N–H and O–H groups in total. The standard InChI is InChI=1S/C10H15N3O2S/c1-11-16(14,15)10-4-2-8(3-5-10)13-9-6-12-7-9/h2-5,9,11-13H,6-7H2,1H3. The summed E-state index contributed by atoms with van der Waals surface area (Å²) >= 11 is 0. The molecule has 2 rings (SSSR count). The van der Waals surface area contributed by atoms with Gasteiger partial charge < -0.3 is 10.6 Å². The molecule has 1 aromatic rings. The Balaban J connectivity index is 2.09. The molecule has 1 aliphatic rings. The molecule has 1 aromatic carbocycles. The fourth-order valence-corrected chi connectivity index (χ4v) is 2.20. The molecule has 1 fully saturated rings. The van der Waals surface area contributed by atoms with Crippen LogP contribution < -0.4 is 15.4 Å². The maximum Gasteiger partial charge on any atom is 0.240 e. The molecule has 5 nitrogen and oxygen atoms in total. The molecule has 0 amide bonds. The van der Waals surface area contributed by atoms with E-state index in [0.717, 1.165) is 18.8 Å². The molecule has 0 aromatic heterocycles. The van der Waals surface area contributed by atoms with Crippen LogP contribution in [-0.2, 0) is 10.0 Å². The summed E-state index contributed by atoms with van der Waals surface area (Å²) in [5.74, 6) is 0. The lowest BCUT2D eigenvalue weighted by atomic mass is 10.1. The first-order valence-corrected chi connectivity index (χ1v) is 6.61. The predicted octanol–water partition coefficient (Wildman–Crippen LogP) is -0.0216. The number of nitrogens with one attached hydrogen (secondary N) is 3. The first-order chi connectivity index (χ1) is 7.62. The van der Waals surface area contributed by atoms with Gasteiger partial charge in [0.2, 0.25) is 10.0 Å². The van der Waals surface area contributed by atoms with Crippen LogP contribution in [-0.4, -0.2) is 34.6 Å². The minimum absolute atomic E-state index is 0.285. The summed E-state index contributed by atoms with van der Waals surface area (Å²) in [5, 5.41) is 6.46. The molecule has 0 saturated carbocycles. The molecule has 16 heavy (non-hydrogen) atoms. The highest BCUT2D eigenvalue weighted by molar-refractivity contribution is 7.89. The largest absolute Gasteiger partial charge is 0.380 e. The second-order valence-electron chi connectivity index (χ2n) is 3.73. The molecule has 0 spiro atoms. The lowest BCUT2D eigenvalue weighted by Crippen LogP contribution is -2.51. The number of hydrogen-bond acceptors (Lipinski definition) is 4. The number of anilines is 1. The van der Waals surface area contributed by atoms with Crippen molar-refractivity contribution in [3.8, 4) is 0 Å². The lowest BCUT2D eigenvalue weighted by Gasteiger charge is -2.28. The van der Waals surface area contributed by atoms with Crippen molar-refractivity contribution in [2.75, 3.05) is 25.5 Å². The van der Waals surface area contributed by atoms with Crippen LogP contribution in [0.2, 0.25) is 0 Å². The first-order valence-electron chi connectivity index (χ1n) is 5.13. The minimum atomic E-state index is -3.33. The Morgan fingerprint density at radius 3 is 2.31 bits per heavy atom. The molecule has 0 radical (unpaired) electrons. The zero-order valence-corrected chi connectivity index (χ0v) is 9.84. The highest BCUT2D eigenvalue weighted by atomic mass is 32.2. The zero-order valence-electron chi connectivity index (χ0n) is 9.03. The van der Waals surface area contributed by atoms with Crippen LogP contribution in [0.3, 0.4) is 0 Å². The van der Waals surface area contributed by atoms with Gasteiger partial charge in [-0.1, -0.05) is 0 Å². The number of sulfonamides is 1. The topological polar surface area (TPSA) is 70.2 Å². The van der Waals surface area contributed by atoms with Gasteiger partial charge in [0, 0.05) is 18.8 Å². The molecule has 1 heterocycles. The van der Waals surface area contributed by atoms with Crippen molar-refractivity contribution in [2.24, 2.45) is 0 Å². The van der Waals surface area contributed by atoms with Gasteiger partial charge in [-0.2, -0.15) is 0 Å². The van der Waals surface area contributed by atoms with Gasteiger partial charge in [-0.05, 0) is 31.3 Å². The summed E-state index contributed by atoms with van der Waals surface area (Å²) in [6.45, 7) is 1.91.